The molecule has 1 aromatic rings. The molecule has 2 amide bonds. The van der Waals surface area contributed by atoms with Crippen molar-refractivity contribution in [3.63, 3.8) is 0 Å². The SMILES string of the molecule is COCCN(CC(=O)O)C(=O)Nc1cccc(I)c1. The maximum Gasteiger partial charge on any atom is 0.323 e. The molecule has 104 valence electrons. The van der Waals surface area contributed by atoms with Crippen LogP contribution in [-0.2, 0) is 9.53 Å². The molecule has 0 unspecified atom stereocenters. The number of urea groups is 1. The summed E-state index contributed by atoms with van der Waals surface area (Å²) in [6.07, 6.45) is 0. The van der Waals surface area contributed by atoms with E-state index in [4.69, 9.17) is 9.84 Å². The third-order valence-electron chi connectivity index (χ3n) is 2.25. The van der Waals surface area contributed by atoms with Gasteiger partial charge in [0.2, 0.25) is 0 Å². The third kappa shape index (κ3) is 5.88. The largest absolute Gasteiger partial charge is 0.480 e. The quantitative estimate of drug-likeness (QED) is 0.741. The molecular weight excluding hydrogens is 363 g/mol. The average Bonchev–Trinajstić information content (AvgIpc) is 2.34. The van der Waals surface area contributed by atoms with Gasteiger partial charge in [-0.15, -0.1) is 0 Å². The molecule has 0 atom stereocenters. The van der Waals surface area contributed by atoms with Gasteiger partial charge in [0.05, 0.1) is 6.61 Å². The monoisotopic (exact) mass is 378 g/mol. The van der Waals surface area contributed by atoms with E-state index in [1.165, 1.54) is 12.0 Å². The van der Waals surface area contributed by atoms with Crippen LogP contribution >= 0.6 is 22.6 Å². The zero-order valence-electron chi connectivity index (χ0n) is 10.4. The summed E-state index contributed by atoms with van der Waals surface area (Å²) in [5.41, 5.74) is 0.629. The van der Waals surface area contributed by atoms with Crippen LogP contribution in [0.15, 0.2) is 24.3 Å². The van der Waals surface area contributed by atoms with E-state index in [0.29, 0.717) is 5.69 Å². The Labute approximate surface area is 124 Å². The lowest BCUT2D eigenvalue weighted by molar-refractivity contribution is -0.137. The van der Waals surface area contributed by atoms with Crippen LogP contribution in [0.2, 0.25) is 0 Å². The Morgan fingerprint density at radius 1 is 1.47 bits per heavy atom. The van der Waals surface area contributed by atoms with Gasteiger partial charge in [-0.3, -0.25) is 4.79 Å². The molecule has 0 radical (unpaired) electrons. The van der Waals surface area contributed by atoms with Crippen LogP contribution in [0.4, 0.5) is 10.5 Å². The van der Waals surface area contributed by atoms with Crippen molar-refractivity contribution in [1.29, 1.82) is 0 Å². The number of nitrogens with zero attached hydrogens (tertiary/aromatic N) is 1. The number of nitrogens with one attached hydrogen (secondary N) is 1. The summed E-state index contributed by atoms with van der Waals surface area (Å²) in [5, 5.41) is 11.4. The Bertz CT molecular complexity index is 453. The molecule has 0 heterocycles. The van der Waals surface area contributed by atoms with Crippen molar-refractivity contribution in [2.45, 2.75) is 0 Å². The number of methoxy groups -OCH3 is 1. The number of carboxylic acids is 1. The van der Waals surface area contributed by atoms with Gasteiger partial charge in [-0.2, -0.15) is 0 Å². The van der Waals surface area contributed by atoms with E-state index in [1.807, 2.05) is 12.1 Å². The molecule has 0 saturated carbocycles. The molecule has 0 fully saturated rings. The second-order valence-corrected chi connectivity index (χ2v) is 4.99. The van der Waals surface area contributed by atoms with E-state index in [-0.39, 0.29) is 19.7 Å². The number of carbonyl (C=O) groups excluding carboxylic acids is 1. The predicted molar refractivity (Wildman–Crippen MR) is 79.3 cm³/mol. The lowest BCUT2D eigenvalue weighted by Gasteiger charge is -2.20. The number of amides is 2. The number of benzene rings is 1. The van der Waals surface area contributed by atoms with Crippen LogP contribution in [0.5, 0.6) is 0 Å². The van der Waals surface area contributed by atoms with Gasteiger partial charge >= 0.3 is 12.0 Å². The fourth-order valence-electron chi connectivity index (χ4n) is 1.39. The average molecular weight is 378 g/mol. The molecule has 0 spiro atoms. The first kappa shape index (κ1) is 15.7. The highest BCUT2D eigenvalue weighted by Gasteiger charge is 2.16. The Hall–Kier alpha value is -1.35. The molecule has 1 aromatic carbocycles. The molecular formula is C12H15IN2O4. The fourth-order valence-corrected chi connectivity index (χ4v) is 1.93. The molecule has 0 aliphatic heterocycles. The number of carbonyl (C=O) groups is 2. The zero-order chi connectivity index (χ0) is 14.3. The second-order valence-electron chi connectivity index (χ2n) is 3.75. The summed E-state index contributed by atoms with van der Waals surface area (Å²) in [7, 11) is 1.50. The van der Waals surface area contributed by atoms with E-state index < -0.39 is 12.0 Å². The lowest BCUT2D eigenvalue weighted by Crippen LogP contribution is -2.40. The van der Waals surface area contributed by atoms with Gasteiger partial charge in [0.25, 0.3) is 0 Å². The minimum Gasteiger partial charge on any atom is -0.480 e. The minimum absolute atomic E-state index is 0.221. The number of rotatable bonds is 6. The fraction of sp³-hybridized carbons (Fsp3) is 0.333. The van der Waals surface area contributed by atoms with Crippen molar-refractivity contribution in [2.24, 2.45) is 0 Å². The van der Waals surface area contributed by atoms with Crippen molar-refractivity contribution >= 4 is 40.3 Å². The molecule has 0 aromatic heterocycles. The highest BCUT2D eigenvalue weighted by Crippen LogP contribution is 2.12. The van der Waals surface area contributed by atoms with Gasteiger partial charge in [0.1, 0.15) is 6.54 Å². The molecule has 6 nitrogen and oxygen atoms in total. The number of ether oxygens (including phenoxy) is 1. The van der Waals surface area contributed by atoms with Crippen LogP contribution < -0.4 is 5.32 Å². The summed E-state index contributed by atoms with van der Waals surface area (Å²) < 4.78 is 5.84. The number of halogens is 1. The summed E-state index contributed by atoms with van der Waals surface area (Å²) >= 11 is 2.13. The van der Waals surface area contributed by atoms with Crippen molar-refractivity contribution in [3.05, 3.63) is 27.8 Å². The van der Waals surface area contributed by atoms with E-state index in [0.717, 1.165) is 3.57 Å². The van der Waals surface area contributed by atoms with Crippen LogP contribution in [0, 0.1) is 3.57 Å². The number of carboxylic acid groups (broad SMARTS) is 1. The molecule has 19 heavy (non-hydrogen) atoms. The summed E-state index contributed by atoms with van der Waals surface area (Å²) in [6.45, 7) is 0.144. The van der Waals surface area contributed by atoms with Crippen molar-refractivity contribution < 1.29 is 19.4 Å². The number of hydrogen-bond acceptors (Lipinski definition) is 3. The Kier molecular flexibility index (Phi) is 6.57. The highest BCUT2D eigenvalue weighted by atomic mass is 127. The first-order valence-corrected chi connectivity index (χ1v) is 6.63. The van der Waals surface area contributed by atoms with Crippen LogP contribution in [0.1, 0.15) is 0 Å². The molecule has 1 rings (SSSR count). The smallest absolute Gasteiger partial charge is 0.323 e. The Morgan fingerprint density at radius 2 is 2.21 bits per heavy atom. The standard InChI is InChI=1S/C12H15IN2O4/c1-19-6-5-15(8-11(16)17)12(18)14-10-4-2-3-9(13)7-10/h2-4,7H,5-6,8H2,1H3,(H,14,18)(H,16,17). The van der Waals surface area contributed by atoms with Gasteiger partial charge in [-0.25, -0.2) is 4.79 Å². The number of hydrogen-bond donors (Lipinski definition) is 2. The lowest BCUT2D eigenvalue weighted by atomic mass is 10.3. The first-order valence-electron chi connectivity index (χ1n) is 5.55. The van der Waals surface area contributed by atoms with Gasteiger partial charge in [0.15, 0.2) is 0 Å². The van der Waals surface area contributed by atoms with Crippen LogP contribution in [0.25, 0.3) is 0 Å². The molecule has 0 aliphatic carbocycles. The highest BCUT2D eigenvalue weighted by molar-refractivity contribution is 14.1. The van der Waals surface area contributed by atoms with Gasteiger partial charge in [-0.05, 0) is 40.8 Å². The van der Waals surface area contributed by atoms with Crippen molar-refractivity contribution in [2.75, 3.05) is 32.1 Å². The molecule has 7 heteroatoms. The van der Waals surface area contributed by atoms with Gasteiger partial charge in [-0.1, -0.05) is 6.07 Å². The van der Waals surface area contributed by atoms with Crippen molar-refractivity contribution in [1.82, 2.24) is 4.90 Å². The molecule has 0 saturated heterocycles. The van der Waals surface area contributed by atoms with E-state index in [2.05, 4.69) is 27.9 Å². The first-order chi connectivity index (χ1) is 9.02. The van der Waals surface area contributed by atoms with Crippen molar-refractivity contribution in [3.8, 4) is 0 Å². The van der Waals surface area contributed by atoms with Gasteiger partial charge in [0, 0.05) is 22.9 Å². The summed E-state index contributed by atoms with van der Waals surface area (Å²) in [6, 6.07) is 6.80. The molecule has 0 bridgehead atoms. The topological polar surface area (TPSA) is 78.9 Å². The maximum absolute atomic E-state index is 12.0. The molecule has 0 aliphatic rings. The number of aliphatic carboxylic acids is 1. The second kappa shape index (κ2) is 7.95. The van der Waals surface area contributed by atoms with Crippen LogP contribution in [-0.4, -0.2) is 48.8 Å². The number of anilines is 1. The zero-order valence-corrected chi connectivity index (χ0v) is 12.6. The molecule has 2 N–H and O–H groups in total. The van der Waals surface area contributed by atoms with Crippen LogP contribution in [0.3, 0.4) is 0 Å². The maximum atomic E-state index is 12.0. The normalized spacial score (nSPS) is 10.0. The predicted octanol–water partition coefficient (Wildman–Crippen LogP) is 1.86. The third-order valence-corrected chi connectivity index (χ3v) is 2.93. The Balaban J connectivity index is 2.67. The van der Waals surface area contributed by atoms with E-state index in [1.54, 1.807) is 12.1 Å². The Morgan fingerprint density at radius 3 is 2.79 bits per heavy atom. The van der Waals surface area contributed by atoms with E-state index in [9.17, 15) is 9.59 Å². The summed E-state index contributed by atoms with van der Waals surface area (Å²) in [5.74, 6) is -1.06. The van der Waals surface area contributed by atoms with Gasteiger partial charge < -0.3 is 20.1 Å². The summed E-state index contributed by atoms with van der Waals surface area (Å²) in [4.78, 5) is 23.9. The van der Waals surface area contributed by atoms with E-state index >= 15 is 0 Å². The minimum atomic E-state index is -1.06.